The topological polar surface area (TPSA) is 88.6 Å². The zero-order chi connectivity index (χ0) is 21.1. The van der Waals surface area contributed by atoms with E-state index in [1.807, 2.05) is 23.6 Å². The molecule has 1 fully saturated rings. The van der Waals surface area contributed by atoms with Crippen LogP contribution in [-0.2, 0) is 14.8 Å². The minimum atomic E-state index is -3.68. The molecule has 1 amide bonds. The normalized spacial score (nSPS) is 15.1. The quantitative estimate of drug-likeness (QED) is 0.653. The average Bonchev–Trinajstić information content (AvgIpc) is 3.30. The van der Waals surface area contributed by atoms with E-state index in [1.165, 1.54) is 21.7 Å². The monoisotopic (exact) mass is 443 g/mol. The van der Waals surface area contributed by atoms with Gasteiger partial charge in [-0.3, -0.25) is 4.79 Å². The Balaban J connectivity index is 1.59. The summed E-state index contributed by atoms with van der Waals surface area (Å²) in [6.45, 7) is 3.14. The number of sulfonamides is 1. The highest BCUT2D eigenvalue weighted by molar-refractivity contribution is 7.89. The molecule has 2 heterocycles. The van der Waals surface area contributed by atoms with E-state index < -0.39 is 10.0 Å². The largest absolute Gasteiger partial charge is 0.379 e. The van der Waals surface area contributed by atoms with E-state index >= 15 is 0 Å². The summed E-state index contributed by atoms with van der Waals surface area (Å²) in [6, 6.07) is 12.1. The summed E-state index contributed by atoms with van der Waals surface area (Å²) in [7, 11) is -3.68. The number of hydrogen-bond acceptors (Lipinski definition) is 6. The third-order valence-corrected chi connectivity index (χ3v) is 7.58. The molecule has 1 saturated heterocycles. The average molecular weight is 444 g/mol. The summed E-state index contributed by atoms with van der Waals surface area (Å²) in [6.07, 6.45) is 1.73. The molecule has 0 unspecified atom stereocenters. The molecule has 7 nitrogen and oxygen atoms in total. The summed E-state index contributed by atoms with van der Waals surface area (Å²) in [5.41, 5.74) is 2.55. The third-order valence-electron chi connectivity index (χ3n) is 4.86. The molecule has 156 valence electrons. The molecule has 0 saturated carbocycles. The maximum atomic E-state index is 12.9. The Hall–Kier alpha value is -2.59. The van der Waals surface area contributed by atoms with Crippen molar-refractivity contribution >= 4 is 33.0 Å². The van der Waals surface area contributed by atoms with Crippen LogP contribution in [0.15, 0.2) is 58.9 Å². The Morgan fingerprint density at radius 2 is 1.97 bits per heavy atom. The number of nitrogens with one attached hydrogen (secondary N) is 1. The van der Waals surface area contributed by atoms with Gasteiger partial charge in [0, 0.05) is 41.5 Å². The second kappa shape index (κ2) is 8.65. The van der Waals surface area contributed by atoms with E-state index in [9.17, 15) is 13.2 Å². The highest BCUT2D eigenvalue weighted by Gasteiger charge is 2.27. The summed E-state index contributed by atoms with van der Waals surface area (Å²) < 4.78 is 32.5. The second-order valence-electron chi connectivity index (χ2n) is 6.87. The van der Waals surface area contributed by atoms with Crippen molar-refractivity contribution in [2.75, 3.05) is 31.6 Å². The molecule has 1 aliphatic heterocycles. The standard InChI is InChI=1S/C21H21N3O4S2/c1-15-5-6-18(30(26,27)24-8-10-28-11-9-24)14-19(15)20(25)23-17-4-2-3-16(13-17)21-22-7-12-29-21/h2-7,12-14H,8-11H2,1H3,(H,23,25). The number of amides is 1. The number of aryl methyl sites for hydroxylation is 1. The van der Waals surface area contributed by atoms with Crippen LogP contribution in [0.5, 0.6) is 0 Å². The highest BCUT2D eigenvalue weighted by Crippen LogP contribution is 2.26. The molecule has 2 aromatic carbocycles. The fourth-order valence-corrected chi connectivity index (χ4v) is 5.31. The van der Waals surface area contributed by atoms with Gasteiger partial charge < -0.3 is 10.1 Å². The van der Waals surface area contributed by atoms with Crippen molar-refractivity contribution in [3.8, 4) is 10.6 Å². The van der Waals surface area contributed by atoms with Crippen LogP contribution in [0.4, 0.5) is 5.69 Å². The first-order chi connectivity index (χ1) is 14.4. The van der Waals surface area contributed by atoms with Crippen LogP contribution >= 0.6 is 11.3 Å². The predicted octanol–water partition coefficient (Wildman–Crippen LogP) is 3.39. The molecular weight excluding hydrogens is 422 g/mol. The van der Waals surface area contributed by atoms with Crippen molar-refractivity contribution in [1.29, 1.82) is 0 Å². The number of aromatic nitrogens is 1. The Morgan fingerprint density at radius 3 is 2.70 bits per heavy atom. The smallest absolute Gasteiger partial charge is 0.255 e. The third kappa shape index (κ3) is 4.29. The molecule has 0 bridgehead atoms. The van der Waals surface area contributed by atoms with Crippen LogP contribution in [0.3, 0.4) is 0 Å². The van der Waals surface area contributed by atoms with Gasteiger partial charge in [-0.1, -0.05) is 18.2 Å². The van der Waals surface area contributed by atoms with Crippen molar-refractivity contribution in [3.05, 3.63) is 65.2 Å². The lowest BCUT2D eigenvalue weighted by Crippen LogP contribution is -2.40. The van der Waals surface area contributed by atoms with Gasteiger partial charge in [-0.25, -0.2) is 13.4 Å². The molecule has 1 aliphatic rings. The maximum absolute atomic E-state index is 12.9. The van der Waals surface area contributed by atoms with Crippen molar-refractivity contribution in [3.63, 3.8) is 0 Å². The van der Waals surface area contributed by atoms with E-state index in [2.05, 4.69) is 10.3 Å². The number of carbonyl (C=O) groups is 1. The lowest BCUT2D eigenvalue weighted by molar-refractivity contribution is 0.0730. The number of anilines is 1. The molecule has 30 heavy (non-hydrogen) atoms. The van der Waals surface area contributed by atoms with Crippen LogP contribution < -0.4 is 5.32 Å². The number of morpholine rings is 1. The molecule has 9 heteroatoms. The Morgan fingerprint density at radius 1 is 1.17 bits per heavy atom. The van der Waals surface area contributed by atoms with Crippen molar-refractivity contribution in [2.45, 2.75) is 11.8 Å². The number of ether oxygens (including phenoxy) is 1. The zero-order valence-corrected chi connectivity index (χ0v) is 18.0. The van der Waals surface area contributed by atoms with Gasteiger partial charge in [0.2, 0.25) is 10.0 Å². The molecule has 3 aromatic rings. The van der Waals surface area contributed by atoms with E-state index in [4.69, 9.17) is 4.74 Å². The zero-order valence-electron chi connectivity index (χ0n) is 16.4. The van der Waals surface area contributed by atoms with Gasteiger partial charge in [0.05, 0.1) is 18.1 Å². The molecule has 0 atom stereocenters. The molecule has 1 N–H and O–H groups in total. The minimum absolute atomic E-state index is 0.108. The van der Waals surface area contributed by atoms with E-state index in [0.717, 1.165) is 10.6 Å². The fourth-order valence-electron chi connectivity index (χ4n) is 3.24. The molecule has 0 radical (unpaired) electrons. The van der Waals surface area contributed by atoms with Gasteiger partial charge >= 0.3 is 0 Å². The van der Waals surface area contributed by atoms with E-state index in [0.29, 0.717) is 43.1 Å². The number of carbonyl (C=O) groups excluding carboxylic acids is 1. The fraction of sp³-hybridized carbons (Fsp3) is 0.238. The second-order valence-corrected chi connectivity index (χ2v) is 9.70. The number of thiazole rings is 1. The van der Waals surface area contributed by atoms with Gasteiger partial charge in [-0.2, -0.15) is 4.31 Å². The molecule has 0 spiro atoms. The first kappa shape index (κ1) is 20.7. The van der Waals surface area contributed by atoms with Gasteiger partial charge in [0.15, 0.2) is 0 Å². The molecule has 0 aliphatic carbocycles. The number of hydrogen-bond donors (Lipinski definition) is 1. The summed E-state index contributed by atoms with van der Waals surface area (Å²) in [5.74, 6) is -0.359. The van der Waals surface area contributed by atoms with Gasteiger partial charge in [0.1, 0.15) is 5.01 Å². The molecule has 1 aromatic heterocycles. The summed E-state index contributed by atoms with van der Waals surface area (Å²) in [4.78, 5) is 17.3. The van der Waals surface area contributed by atoms with Crippen LogP contribution in [0.1, 0.15) is 15.9 Å². The lowest BCUT2D eigenvalue weighted by Gasteiger charge is -2.26. The van der Waals surface area contributed by atoms with Crippen molar-refractivity contribution in [1.82, 2.24) is 9.29 Å². The van der Waals surface area contributed by atoms with Crippen LogP contribution in [0.2, 0.25) is 0 Å². The first-order valence-electron chi connectivity index (χ1n) is 9.45. The van der Waals surface area contributed by atoms with Gasteiger partial charge in [-0.05, 0) is 36.8 Å². The Kier molecular flexibility index (Phi) is 5.96. The lowest BCUT2D eigenvalue weighted by atomic mass is 10.1. The summed E-state index contributed by atoms with van der Waals surface area (Å²) in [5, 5.41) is 5.62. The SMILES string of the molecule is Cc1ccc(S(=O)(=O)N2CCOCC2)cc1C(=O)Nc1cccc(-c2nccs2)c1. The van der Waals surface area contributed by atoms with Gasteiger partial charge in [0.25, 0.3) is 5.91 Å². The van der Waals surface area contributed by atoms with Crippen molar-refractivity contribution < 1.29 is 17.9 Å². The van der Waals surface area contributed by atoms with Crippen LogP contribution in [0.25, 0.3) is 10.6 Å². The Bertz CT molecular complexity index is 1150. The highest BCUT2D eigenvalue weighted by atomic mass is 32.2. The van der Waals surface area contributed by atoms with Crippen molar-refractivity contribution in [2.24, 2.45) is 0 Å². The minimum Gasteiger partial charge on any atom is -0.379 e. The predicted molar refractivity (Wildman–Crippen MR) is 116 cm³/mol. The Labute approximate surface area is 179 Å². The molecule has 4 rings (SSSR count). The van der Waals surface area contributed by atoms with E-state index in [1.54, 1.807) is 31.3 Å². The number of benzene rings is 2. The van der Waals surface area contributed by atoms with E-state index in [-0.39, 0.29) is 10.8 Å². The first-order valence-corrected chi connectivity index (χ1v) is 11.8. The molecular formula is C21H21N3O4S2. The number of rotatable bonds is 5. The summed E-state index contributed by atoms with van der Waals surface area (Å²) >= 11 is 1.52. The number of nitrogens with zero attached hydrogens (tertiary/aromatic N) is 2. The maximum Gasteiger partial charge on any atom is 0.255 e. The van der Waals surface area contributed by atoms with Crippen LogP contribution in [-0.4, -0.2) is 49.9 Å². The van der Waals surface area contributed by atoms with Gasteiger partial charge in [-0.15, -0.1) is 11.3 Å². The van der Waals surface area contributed by atoms with Crippen LogP contribution in [0, 0.1) is 6.92 Å².